The Balaban J connectivity index is 1.61. The first-order chi connectivity index (χ1) is 14.9. The quantitative estimate of drug-likeness (QED) is 0.675. The van der Waals surface area contributed by atoms with Gasteiger partial charge in [-0.05, 0) is 62.1 Å². The summed E-state index contributed by atoms with van der Waals surface area (Å²) >= 11 is 0. The molecule has 0 radical (unpaired) electrons. The molecule has 3 aromatic rings. The molecule has 31 heavy (non-hydrogen) atoms. The maximum atomic E-state index is 14.2. The number of carbonyl (C=O) groups is 2. The Kier molecular flexibility index (Phi) is 4.61. The zero-order valence-electron chi connectivity index (χ0n) is 17.8. The minimum absolute atomic E-state index is 0.00391. The normalized spacial score (nSPS) is 23.5. The molecule has 2 aromatic carbocycles. The summed E-state index contributed by atoms with van der Waals surface area (Å²) in [5.74, 6) is -0.434. The van der Waals surface area contributed by atoms with Gasteiger partial charge in [0.1, 0.15) is 11.5 Å². The Morgan fingerprint density at radius 1 is 1.16 bits per heavy atom. The minimum atomic E-state index is -0.556. The summed E-state index contributed by atoms with van der Waals surface area (Å²) < 4.78 is 16.1. The van der Waals surface area contributed by atoms with Gasteiger partial charge in [-0.15, -0.1) is 0 Å². The highest BCUT2D eigenvalue weighted by Crippen LogP contribution is 2.45. The number of halogens is 1. The third-order valence-corrected chi connectivity index (χ3v) is 6.89. The summed E-state index contributed by atoms with van der Waals surface area (Å²) in [4.78, 5) is 27.9. The molecule has 1 aromatic heterocycles. The van der Waals surface area contributed by atoms with Crippen molar-refractivity contribution in [2.24, 2.45) is 7.05 Å². The van der Waals surface area contributed by atoms with Crippen LogP contribution in [0.2, 0.25) is 0 Å². The number of amides is 2. The third-order valence-electron chi connectivity index (χ3n) is 6.89. The van der Waals surface area contributed by atoms with Crippen molar-refractivity contribution in [1.82, 2.24) is 14.8 Å². The number of likely N-dealkylation sites (tertiary alicyclic amines) is 1. The van der Waals surface area contributed by atoms with Crippen molar-refractivity contribution < 1.29 is 14.0 Å². The van der Waals surface area contributed by atoms with Crippen LogP contribution in [0.25, 0.3) is 10.9 Å². The lowest BCUT2D eigenvalue weighted by atomic mass is 9.76. The van der Waals surface area contributed by atoms with Gasteiger partial charge in [-0.3, -0.25) is 9.59 Å². The van der Waals surface area contributed by atoms with Crippen molar-refractivity contribution in [3.8, 4) is 0 Å². The molecule has 3 heterocycles. The van der Waals surface area contributed by atoms with E-state index in [1.807, 2.05) is 47.7 Å². The van der Waals surface area contributed by atoms with Crippen LogP contribution in [0, 0.1) is 12.7 Å². The Morgan fingerprint density at radius 2 is 2.00 bits per heavy atom. The average Bonchev–Trinajstić information content (AvgIpc) is 3.27. The first kappa shape index (κ1) is 19.8. The molecule has 2 aliphatic rings. The topological polar surface area (TPSA) is 54.3 Å². The lowest BCUT2D eigenvalue weighted by molar-refractivity contribution is -0.120. The number of nitrogens with zero attached hydrogens (tertiary/aromatic N) is 2. The Bertz CT molecular complexity index is 1200. The fourth-order valence-electron chi connectivity index (χ4n) is 5.48. The Labute approximate surface area is 180 Å². The highest BCUT2D eigenvalue weighted by molar-refractivity contribution is 5.99. The van der Waals surface area contributed by atoms with Crippen LogP contribution >= 0.6 is 0 Å². The second kappa shape index (κ2) is 7.22. The third kappa shape index (κ3) is 3.21. The Morgan fingerprint density at radius 3 is 2.74 bits per heavy atom. The zero-order chi connectivity index (χ0) is 21.8. The van der Waals surface area contributed by atoms with Crippen LogP contribution in [0.15, 0.2) is 48.5 Å². The van der Waals surface area contributed by atoms with Gasteiger partial charge in [0.25, 0.3) is 5.91 Å². The van der Waals surface area contributed by atoms with E-state index >= 15 is 0 Å². The largest absolute Gasteiger partial charge is 0.348 e. The summed E-state index contributed by atoms with van der Waals surface area (Å²) in [6, 6.07) is 14.1. The van der Waals surface area contributed by atoms with Gasteiger partial charge >= 0.3 is 0 Å². The van der Waals surface area contributed by atoms with Gasteiger partial charge in [0, 0.05) is 30.9 Å². The highest BCUT2D eigenvalue weighted by atomic mass is 19.1. The zero-order valence-corrected chi connectivity index (χ0v) is 17.8. The first-order valence-electron chi connectivity index (χ1n) is 10.8. The van der Waals surface area contributed by atoms with E-state index in [0.29, 0.717) is 25.1 Å². The van der Waals surface area contributed by atoms with Gasteiger partial charge in [-0.1, -0.05) is 23.8 Å². The monoisotopic (exact) mass is 419 g/mol. The predicted molar refractivity (Wildman–Crippen MR) is 117 cm³/mol. The molecule has 5 nitrogen and oxygen atoms in total. The van der Waals surface area contributed by atoms with Crippen molar-refractivity contribution in [3.05, 3.63) is 71.2 Å². The van der Waals surface area contributed by atoms with E-state index in [4.69, 9.17) is 0 Å². The predicted octanol–water partition coefficient (Wildman–Crippen LogP) is 4.25. The van der Waals surface area contributed by atoms with Crippen LogP contribution in [-0.2, 0) is 11.8 Å². The number of rotatable bonds is 2. The maximum absolute atomic E-state index is 14.2. The second-order valence-electron chi connectivity index (χ2n) is 8.91. The second-order valence-corrected chi connectivity index (χ2v) is 8.91. The van der Waals surface area contributed by atoms with E-state index in [-0.39, 0.29) is 17.6 Å². The van der Waals surface area contributed by atoms with E-state index in [1.54, 1.807) is 6.07 Å². The fourth-order valence-corrected chi connectivity index (χ4v) is 5.48. The highest BCUT2D eigenvalue weighted by Gasteiger charge is 2.51. The number of benzene rings is 2. The molecule has 2 aliphatic heterocycles. The smallest absolute Gasteiger partial charge is 0.271 e. The van der Waals surface area contributed by atoms with Gasteiger partial charge in [0.15, 0.2) is 0 Å². The summed E-state index contributed by atoms with van der Waals surface area (Å²) in [6.07, 6.45) is 2.64. The van der Waals surface area contributed by atoms with Gasteiger partial charge < -0.3 is 14.8 Å². The molecule has 1 spiro atoms. The van der Waals surface area contributed by atoms with Crippen molar-refractivity contribution in [3.63, 3.8) is 0 Å². The standard InChI is InChI=1S/C25H26FN3O2/c1-16-7-8-20-18(13-16)15-21(28(20)2)24(31)29-12-4-10-25(11-9-22(30)27-25)23(29)17-5-3-6-19(26)14-17/h3,5-8,13-15,23H,4,9-12H2,1-2H3,(H,27,30)/t23-,25+/m1/s1. The van der Waals surface area contributed by atoms with E-state index in [9.17, 15) is 14.0 Å². The SMILES string of the molecule is Cc1ccc2c(c1)cc(C(=O)N1CCC[C@]3(CCC(=O)N3)[C@H]1c1cccc(F)c1)n2C. The summed E-state index contributed by atoms with van der Waals surface area (Å²) in [7, 11) is 1.90. The molecule has 0 unspecified atom stereocenters. The van der Waals surface area contributed by atoms with E-state index in [0.717, 1.165) is 34.9 Å². The molecule has 160 valence electrons. The number of piperidine rings is 1. The number of fused-ring (bicyclic) bond motifs is 1. The van der Waals surface area contributed by atoms with E-state index < -0.39 is 11.6 Å². The molecule has 2 fully saturated rings. The van der Waals surface area contributed by atoms with Crippen molar-refractivity contribution in [1.29, 1.82) is 0 Å². The summed E-state index contributed by atoms with van der Waals surface area (Å²) in [5, 5.41) is 4.18. The first-order valence-corrected chi connectivity index (χ1v) is 10.8. The van der Waals surface area contributed by atoms with Gasteiger partial charge in [-0.2, -0.15) is 0 Å². The number of nitrogens with one attached hydrogen (secondary N) is 1. The molecule has 2 saturated heterocycles. The molecule has 2 amide bonds. The molecular formula is C25H26FN3O2. The van der Waals surface area contributed by atoms with Crippen LogP contribution in [0.5, 0.6) is 0 Å². The van der Waals surface area contributed by atoms with Crippen LogP contribution in [0.1, 0.15) is 53.3 Å². The summed E-state index contributed by atoms with van der Waals surface area (Å²) in [5.41, 5.74) is 2.91. The van der Waals surface area contributed by atoms with Gasteiger partial charge in [-0.25, -0.2) is 4.39 Å². The van der Waals surface area contributed by atoms with E-state index in [1.165, 1.54) is 12.1 Å². The summed E-state index contributed by atoms with van der Waals surface area (Å²) in [6.45, 7) is 2.60. The average molecular weight is 420 g/mol. The number of aromatic nitrogens is 1. The molecule has 5 rings (SSSR count). The number of hydrogen-bond donors (Lipinski definition) is 1. The van der Waals surface area contributed by atoms with Crippen molar-refractivity contribution in [2.45, 2.75) is 44.2 Å². The maximum Gasteiger partial charge on any atom is 0.271 e. The number of aryl methyl sites for hydroxylation is 2. The van der Waals surface area contributed by atoms with Crippen LogP contribution in [0.4, 0.5) is 4.39 Å². The van der Waals surface area contributed by atoms with Crippen LogP contribution in [0.3, 0.4) is 0 Å². The molecule has 0 bridgehead atoms. The van der Waals surface area contributed by atoms with Crippen LogP contribution < -0.4 is 5.32 Å². The fraction of sp³-hybridized carbons (Fsp3) is 0.360. The molecule has 2 atom stereocenters. The number of hydrogen-bond acceptors (Lipinski definition) is 2. The molecule has 6 heteroatoms. The van der Waals surface area contributed by atoms with Crippen LogP contribution in [-0.4, -0.2) is 33.4 Å². The molecule has 0 saturated carbocycles. The lowest BCUT2D eigenvalue weighted by Crippen LogP contribution is -2.58. The molecule has 0 aliphatic carbocycles. The van der Waals surface area contributed by atoms with Crippen molar-refractivity contribution in [2.75, 3.05) is 6.54 Å². The lowest BCUT2D eigenvalue weighted by Gasteiger charge is -2.48. The van der Waals surface area contributed by atoms with E-state index in [2.05, 4.69) is 11.4 Å². The van der Waals surface area contributed by atoms with Gasteiger partial charge in [0.2, 0.25) is 5.91 Å². The minimum Gasteiger partial charge on any atom is -0.348 e. The number of carbonyl (C=O) groups excluding carboxylic acids is 2. The van der Waals surface area contributed by atoms with Gasteiger partial charge in [0.05, 0.1) is 11.6 Å². The molecule has 1 N–H and O–H groups in total. The molecular weight excluding hydrogens is 393 g/mol. The Hall–Kier alpha value is -3.15. The van der Waals surface area contributed by atoms with Crippen molar-refractivity contribution >= 4 is 22.7 Å².